The highest BCUT2D eigenvalue weighted by Gasteiger charge is 2.17. The number of hydrogen-bond donors (Lipinski definition) is 1. The molecule has 0 atom stereocenters. The minimum Gasteiger partial charge on any atom is -0.376 e. The number of nitrogens with one attached hydrogen (secondary N) is 1. The summed E-state index contributed by atoms with van der Waals surface area (Å²) in [7, 11) is -3.71. The molecule has 0 fully saturated rings. The maximum absolute atomic E-state index is 12.0. The lowest BCUT2D eigenvalue weighted by molar-refractivity contribution is 0.162. The van der Waals surface area contributed by atoms with Gasteiger partial charge in [0.25, 0.3) is 0 Å². The van der Waals surface area contributed by atoms with Gasteiger partial charge in [0.2, 0.25) is 10.0 Å². The van der Waals surface area contributed by atoms with Gasteiger partial charge in [-0.25, -0.2) is 13.1 Å². The molecule has 1 aromatic rings. The predicted molar refractivity (Wildman–Crippen MR) is 77.0 cm³/mol. The third-order valence-corrected chi connectivity index (χ3v) is 4.18. The van der Waals surface area contributed by atoms with Crippen LogP contribution in [0.3, 0.4) is 0 Å². The summed E-state index contributed by atoms with van der Waals surface area (Å²) in [5.41, 5.74) is 1.17. The maximum Gasteiger partial charge on any atom is 0.242 e. The molecule has 7 heteroatoms. The average Bonchev–Trinajstić information content (AvgIpc) is 2.37. The van der Waals surface area contributed by atoms with Gasteiger partial charge in [0, 0.05) is 6.54 Å². The van der Waals surface area contributed by atoms with Crippen molar-refractivity contribution in [3.63, 3.8) is 0 Å². The van der Waals surface area contributed by atoms with Gasteiger partial charge < -0.3 is 4.74 Å². The molecule has 0 aromatic heterocycles. The Morgan fingerprint density at radius 2 is 2.25 bits per heavy atom. The minimum absolute atomic E-state index is 0.0133. The largest absolute Gasteiger partial charge is 0.376 e. The van der Waals surface area contributed by atoms with E-state index in [4.69, 9.17) is 21.6 Å². The van der Waals surface area contributed by atoms with E-state index in [-0.39, 0.29) is 23.1 Å². The molecule has 0 aliphatic carbocycles. The van der Waals surface area contributed by atoms with Crippen molar-refractivity contribution >= 4 is 21.6 Å². The Bertz CT molecular complexity index is 636. The Labute approximate surface area is 123 Å². The fourth-order valence-electron chi connectivity index (χ4n) is 1.36. The summed E-state index contributed by atoms with van der Waals surface area (Å²) in [5.74, 6) is 0. The topological polar surface area (TPSA) is 79.2 Å². The molecule has 1 N–H and O–H groups in total. The van der Waals surface area contributed by atoms with Crippen LogP contribution in [0.5, 0.6) is 0 Å². The molecule has 0 saturated carbocycles. The van der Waals surface area contributed by atoms with Gasteiger partial charge in [0.05, 0.1) is 29.9 Å². The van der Waals surface area contributed by atoms with Crippen molar-refractivity contribution in [2.45, 2.75) is 11.8 Å². The number of sulfonamides is 1. The maximum atomic E-state index is 12.0. The minimum atomic E-state index is -3.71. The zero-order valence-corrected chi connectivity index (χ0v) is 12.6. The third kappa shape index (κ3) is 4.94. The van der Waals surface area contributed by atoms with Gasteiger partial charge in [-0.1, -0.05) is 23.8 Å². The number of rotatable bonds is 7. The lowest BCUT2D eigenvalue weighted by Crippen LogP contribution is -2.27. The highest BCUT2D eigenvalue weighted by Crippen LogP contribution is 2.22. The summed E-state index contributed by atoms with van der Waals surface area (Å²) in [6, 6.07) is 5.91. The molecule has 0 bridgehead atoms. The summed E-state index contributed by atoms with van der Waals surface area (Å²) in [6.45, 7) is 6.24. The normalized spacial score (nSPS) is 11.1. The van der Waals surface area contributed by atoms with Crippen molar-refractivity contribution in [2.24, 2.45) is 0 Å². The SMILES string of the molecule is C=C(C)COCCNS(=O)(=O)c1ccc(C#N)cc1Cl. The Morgan fingerprint density at radius 3 is 2.80 bits per heavy atom. The van der Waals surface area contributed by atoms with E-state index in [0.717, 1.165) is 5.57 Å². The number of hydrogen-bond acceptors (Lipinski definition) is 4. The van der Waals surface area contributed by atoms with Crippen LogP contribution in [0.25, 0.3) is 0 Å². The lowest BCUT2D eigenvalue weighted by Gasteiger charge is -2.09. The van der Waals surface area contributed by atoms with Crippen LogP contribution in [0.15, 0.2) is 35.2 Å². The van der Waals surface area contributed by atoms with Crippen LogP contribution >= 0.6 is 11.6 Å². The molecular formula is C13H15ClN2O3S. The predicted octanol–water partition coefficient (Wildman–Crippen LogP) is 2.08. The second kappa shape index (κ2) is 7.41. The van der Waals surface area contributed by atoms with E-state index in [0.29, 0.717) is 12.2 Å². The number of ether oxygens (including phenoxy) is 1. The van der Waals surface area contributed by atoms with Gasteiger partial charge in [-0.15, -0.1) is 0 Å². The smallest absolute Gasteiger partial charge is 0.242 e. The molecule has 0 radical (unpaired) electrons. The van der Waals surface area contributed by atoms with Crippen molar-refractivity contribution in [3.05, 3.63) is 40.9 Å². The lowest BCUT2D eigenvalue weighted by atomic mass is 10.2. The molecule has 0 amide bonds. The molecule has 0 unspecified atom stereocenters. The highest BCUT2D eigenvalue weighted by molar-refractivity contribution is 7.89. The molecule has 0 aliphatic rings. The molecule has 108 valence electrons. The number of nitriles is 1. The Balaban J connectivity index is 2.65. The zero-order valence-electron chi connectivity index (χ0n) is 11.0. The summed E-state index contributed by atoms with van der Waals surface area (Å²) >= 11 is 5.86. The van der Waals surface area contributed by atoms with Crippen LogP contribution in [0.1, 0.15) is 12.5 Å². The summed E-state index contributed by atoms with van der Waals surface area (Å²) in [6.07, 6.45) is 0. The first kappa shape index (κ1) is 16.7. The summed E-state index contributed by atoms with van der Waals surface area (Å²) in [4.78, 5) is -0.0573. The standard InChI is InChI=1S/C13H15ClN2O3S/c1-10(2)9-19-6-5-16-20(17,18)13-4-3-11(8-15)7-12(13)14/h3-4,7,16H,1,5-6,9H2,2H3. The molecule has 5 nitrogen and oxygen atoms in total. The van der Waals surface area contributed by atoms with Crippen LogP contribution in [0.4, 0.5) is 0 Å². The van der Waals surface area contributed by atoms with Gasteiger partial charge in [-0.2, -0.15) is 5.26 Å². The molecule has 0 aliphatic heterocycles. The average molecular weight is 315 g/mol. The van der Waals surface area contributed by atoms with E-state index in [2.05, 4.69) is 11.3 Å². The van der Waals surface area contributed by atoms with E-state index in [1.54, 1.807) is 0 Å². The van der Waals surface area contributed by atoms with Gasteiger partial charge in [-0.05, 0) is 25.1 Å². The molecule has 1 rings (SSSR count). The van der Waals surface area contributed by atoms with Gasteiger partial charge >= 0.3 is 0 Å². The first-order valence-corrected chi connectivity index (χ1v) is 7.64. The Morgan fingerprint density at radius 1 is 1.55 bits per heavy atom. The van der Waals surface area contributed by atoms with E-state index in [1.165, 1.54) is 18.2 Å². The van der Waals surface area contributed by atoms with Crippen LogP contribution in [-0.2, 0) is 14.8 Å². The van der Waals surface area contributed by atoms with E-state index in [9.17, 15) is 8.42 Å². The number of nitrogens with zero attached hydrogens (tertiary/aromatic N) is 1. The van der Waals surface area contributed by atoms with Gasteiger partial charge in [0.15, 0.2) is 0 Å². The fraction of sp³-hybridized carbons (Fsp3) is 0.308. The molecule has 0 heterocycles. The summed E-state index contributed by atoms with van der Waals surface area (Å²) in [5, 5.41) is 8.72. The van der Waals surface area contributed by atoms with E-state index < -0.39 is 10.0 Å². The van der Waals surface area contributed by atoms with Gasteiger partial charge in [0.1, 0.15) is 4.90 Å². The second-order valence-corrected chi connectivity index (χ2v) is 6.31. The fourth-order valence-corrected chi connectivity index (χ4v) is 2.92. The number of benzene rings is 1. The first-order valence-electron chi connectivity index (χ1n) is 5.78. The van der Waals surface area contributed by atoms with Crippen LogP contribution in [0.2, 0.25) is 5.02 Å². The molecule has 0 spiro atoms. The second-order valence-electron chi connectivity index (χ2n) is 4.16. The van der Waals surface area contributed by atoms with Crippen molar-refractivity contribution in [3.8, 4) is 6.07 Å². The molecule has 20 heavy (non-hydrogen) atoms. The van der Waals surface area contributed by atoms with Crippen LogP contribution < -0.4 is 4.72 Å². The zero-order chi connectivity index (χ0) is 15.2. The Hall–Kier alpha value is -1.39. The molecular weight excluding hydrogens is 300 g/mol. The summed E-state index contributed by atoms with van der Waals surface area (Å²) < 4.78 is 31.6. The van der Waals surface area contributed by atoms with Crippen molar-refractivity contribution in [1.82, 2.24) is 4.72 Å². The van der Waals surface area contributed by atoms with Crippen molar-refractivity contribution in [1.29, 1.82) is 5.26 Å². The third-order valence-electron chi connectivity index (χ3n) is 2.24. The van der Waals surface area contributed by atoms with E-state index >= 15 is 0 Å². The first-order chi connectivity index (χ1) is 9.36. The quantitative estimate of drug-likeness (QED) is 0.617. The molecule has 1 aromatic carbocycles. The van der Waals surface area contributed by atoms with Crippen LogP contribution in [-0.4, -0.2) is 28.2 Å². The monoisotopic (exact) mass is 314 g/mol. The number of halogens is 1. The van der Waals surface area contributed by atoms with Crippen molar-refractivity contribution in [2.75, 3.05) is 19.8 Å². The van der Waals surface area contributed by atoms with Crippen LogP contribution in [0, 0.1) is 11.3 Å². The molecule has 0 saturated heterocycles. The Kier molecular flexibility index (Phi) is 6.17. The highest BCUT2D eigenvalue weighted by atomic mass is 35.5. The van der Waals surface area contributed by atoms with Crippen molar-refractivity contribution < 1.29 is 13.2 Å². The van der Waals surface area contributed by atoms with E-state index in [1.807, 2.05) is 13.0 Å². The van der Waals surface area contributed by atoms with Gasteiger partial charge in [-0.3, -0.25) is 0 Å².